The minimum atomic E-state index is -0.446. The first-order valence-corrected chi connectivity index (χ1v) is 9.27. The molecule has 1 aromatic heterocycles. The number of methoxy groups -OCH3 is 1. The fourth-order valence-electron chi connectivity index (χ4n) is 2.95. The average molecular weight is 411 g/mol. The molecule has 0 aliphatic carbocycles. The highest BCUT2D eigenvalue weighted by atomic mass is 32.1. The number of non-ortho nitro benzene ring substituents is 1. The number of ether oxygens (including phenoxy) is 1. The largest absolute Gasteiger partial charge is 0.497 e. The number of anilines is 2. The standard InChI is InChI=1S/C20H21N5O3S/c1-13-19(22-20(29)21-16-7-5-8-17(11-16)25(26)27)14(2)24(23-13)12-15-6-4-9-18(10-15)28-3/h4-11H,12H2,1-3H3,(H2,21,22,29). The van der Waals surface area contributed by atoms with E-state index in [0.717, 1.165) is 28.4 Å². The van der Waals surface area contributed by atoms with E-state index in [-0.39, 0.29) is 5.69 Å². The van der Waals surface area contributed by atoms with Crippen LogP contribution in [0.25, 0.3) is 0 Å². The van der Waals surface area contributed by atoms with E-state index < -0.39 is 4.92 Å². The summed E-state index contributed by atoms with van der Waals surface area (Å²) in [5.41, 5.74) is 4.13. The smallest absolute Gasteiger partial charge is 0.271 e. The molecule has 2 aromatic carbocycles. The molecule has 0 bridgehead atoms. The molecule has 0 saturated carbocycles. The van der Waals surface area contributed by atoms with Crippen LogP contribution in [-0.4, -0.2) is 26.9 Å². The summed E-state index contributed by atoms with van der Waals surface area (Å²) < 4.78 is 7.17. The molecule has 9 heteroatoms. The van der Waals surface area contributed by atoms with Crippen molar-refractivity contribution in [1.29, 1.82) is 0 Å². The van der Waals surface area contributed by atoms with Gasteiger partial charge in [-0.25, -0.2) is 0 Å². The van der Waals surface area contributed by atoms with Crippen molar-refractivity contribution in [3.63, 3.8) is 0 Å². The number of rotatable bonds is 6. The van der Waals surface area contributed by atoms with Crippen LogP contribution in [-0.2, 0) is 6.54 Å². The topological polar surface area (TPSA) is 94.2 Å². The number of aryl methyl sites for hydroxylation is 1. The van der Waals surface area contributed by atoms with Gasteiger partial charge in [0.15, 0.2) is 5.11 Å². The molecule has 0 unspecified atom stereocenters. The molecule has 1 heterocycles. The van der Waals surface area contributed by atoms with Crippen molar-refractivity contribution in [2.45, 2.75) is 20.4 Å². The molecule has 8 nitrogen and oxygen atoms in total. The summed E-state index contributed by atoms with van der Waals surface area (Å²) in [5, 5.41) is 22.0. The summed E-state index contributed by atoms with van der Waals surface area (Å²) in [6.07, 6.45) is 0. The van der Waals surface area contributed by atoms with Crippen LogP contribution in [0, 0.1) is 24.0 Å². The maximum absolute atomic E-state index is 10.9. The summed E-state index contributed by atoms with van der Waals surface area (Å²) in [7, 11) is 1.64. The Bertz CT molecular complexity index is 1060. The van der Waals surface area contributed by atoms with Crippen molar-refractivity contribution in [2.24, 2.45) is 0 Å². The van der Waals surface area contributed by atoms with E-state index in [1.165, 1.54) is 12.1 Å². The number of aromatic nitrogens is 2. The van der Waals surface area contributed by atoms with Crippen molar-refractivity contribution in [2.75, 3.05) is 17.7 Å². The van der Waals surface area contributed by atoms with Gasteiger partial charge in [-0.1, -0.05) is 18.2 Å². The van der Waals surface area contributed by atoms with Gasteiger partial charge in [0.05, 0.1) is 35.7 Å². The number of nitro groups is 1. The number of nitrogens with zero attached hydrogens (tertiary/aromatic N) is 3. The number of hydrogen-bond donors (Lipinski definition) is 2. The van der Waals surface area contributed by atoms with Gasteiger partial charge in [-0.2, -0.15) is 5.10 Å². The van der Waals surface area contributed by atoms with Gasteiger partial charge in [0.2, 0.25) is 0 Å². The van der Waals surface area contributed by atoms with Crippen molar-refractivity contribution in [3.05, 3.63) is 75.6 Å². The van der Waals surface area contributed by atoms with Crippen LogP contribution in [0.2, 0.25) is 0 Å². The van der Waals surface area contributed by atoms with Gasteiger partial charge in [0.25, 0.3) is 5.69 Å². The summed E-state index contributed by atoms with van der Waals surface area (Å²) >= 11 is 5.37. The zero-order valence-corrected chi connectivity index (χ0v) is 17.1. The molecule has 0 fully saturated rings. The molecule has 0 radical (unpaired) electrons. The molecule has 29 heavy (non-hydrogen) atoms. The second-order valence-electron chi connectivity index (χ2n) is 6.44. The fraction of sp³-hybridized carbons (Fsp3) is 0.200. The van der Waals surface area contributed by atoms with Crippen LogP contribution in [0.5, 0.6) is 5.75 Å². The molecule has 3 rings (SSSR count). The number of nitro benzene ring substituents is 1. The number of hydrogen-bond acceptors (Lipinski definition) is 5. The molecule has 2 N–H and O–H groups in total. The normalized spacial score (nSPS) is 10.4. The minimum Gasteiger partial charge on any atom is -0.497 e. The Labute approximate surface area is 173 Å². The predicted octanol–water partition coefficient (Wildman–Crippen LogP) is 4.27. The lowest BCUT2D eigenvalue weighted by atomic mass is 10.2. The monoisotopic (exact) mass is 411 g/mol. The van der Waals surface area contributed by atoms with E-state index in [1.807, 2.05) is 42.8 Å². The third-order valence-corrected chi connectivity index (χ3v) is 4.61. The summed E-state index contributed by atoms with van der Waals surface area (Å²) in [4.78, 5) is 10.5. The second-order valence-corrected chi connectivity index (χ2v) is 6.85. The highest BCUT2D eigenvalue weighted by Gasteiger charge is 2.14. The van der Waals surface area contributed by atoms with Gasteiger partial charge < -0.3 is 15.4 Å². The zero-order valence-electron chi connectivity index (χ0n) is 16.3. The zero-order chi connectivity index (χ0) is 21.0. The molecule has 0 atom stereocenters. The van der Waals surface area contributed by atoms with E-state index in [4.69, 9.17) is 17.0 Å². The highest BCUT2D eigenvalue weighted by molar-refractivity contribution is 7.80. The molecule has 0 amide bonds. The van der Waals surface area contributed by atoms with Gasteiger partial charge in [-0.05, 0) is 49.8 Å². The van der Waals surface area contributed by atoms with Crippen LogP contribution < -0.4 is 15.4 Å². The van der Waals surface area contributed by atoms with Crippen molar-refractivity contribution in [3.8, 4) is 5.75 Å². The number of benzene rings is 2. The maximum atomic E-state index is 10.9. The Hall–Kier alpha value is -3.46. The van der Waals surface area contributed by atoms with Crippen LogP contribution >= 0.6 is 12.2 Å². The van der Waals surface area contributed by atoms with Gasteiger partial charge in [0.1, 0.15) is 5.75 Å². The quantitative estimate of drug-likeness (QED) is 0.355. The van der Waals surface area contributed by atoms with Crippen molar-refractivity contribution < 1.29 is 9.66 Å². The third-order valence-electron chi connectivity index (χ3n) is 4.40. The van der Waals surface area contributed by atoms with Gasteiger partial charge in [-0.3, -0.25) is 14.8 Å². The Balaban J connectivity index is 1.73. The first kappa shape index (κ1) is 20.3. The lowest BCUT2D eigenvalue weighted by Crippen LogP contribution is -2.20. The summed E-state index contributed by atoms with van der Waals surface area (Å²) in [5.74, 6) is 0.796. The van der Waals surface area contributed by atoms with Gasteiger partial charge >= 0.3 is 0 Å². The molecular weight excluding hydrogens is 390 g/mol. The molecule has 0 aliphatic rings. The Morgan fingerprint density at radius 2 is 1.97 bits per heavy atom. The third kappa shape index (κ3) is 4.88. The van der Waals surface area contributed by atoms with E-state index >= 15 is 0 Å². The average Bonchev–Trinajstić information content (AvgIpc) is 2.95. The van der Waals surface area contributed by atoms with Crippen LogP contribution in [0.1, 0.15) is 17.0 Å². The van der Waals surface area contributed by atoms with Crippen LogP contribution in [0.15, 0.2) is 48.5 Å². The molecule has 0 spiro atoms. The van der Waals surface area contributed by atoms with E-state index in [1.54, 1.807) is 19.2 Å². The van der Waals surface area contributed by atoms with Gasteiger partial charge in [-0.15, -0.1) is 0 Å². The number of thiocarbonyl (C=S) groups is 1. The van der Waals surface area contributed by atoms with Crippen LogP contribution in [0.4, 0.5) is 17.1 Å². The number of nitrogens with one attached hydrogen (secondary N) is 2. The minimum absolute atomic E-state index is 0.00345. The Kier molecular flexibility index (Phi) is 6.08. The van der Waals surface area contributed by atoms with Crippen molar-refractivity contribution >= 4 is 34.4 Å². The first-order chi connectivity index (χ1) is 13.9. The van der Waals surface area contributed by atoms with E-state index in [2.05, 4.69) is 15.7 Å². The Morgan fingerprint density at radius 3 is 2.69 bits per heavy atom. The molecule has 0 aliphatic heterocycles. The highest BCUT2D eigenvalue weighted by Crippen LogP contribution is 2.23. The summed E-state index contributed by atoms with van der Waals surface area (Å²) in [6, 6.07) is 14.0. The maximum Gasteiger partial charge on any atom is 0.271 e. The van der Waals surface area contributed by atoms with Gasteiger partial charge in [0, 0.05) is 17.8 Å². The lowest BCUT2D eigenvalue weighted by Gasteiger charge is -2.11. The molecular formula is C20H21N5O3S. The van der Waals surface area contributed by atoms with E-state index in [0.29, 0.717) is 17.3 Å². The van der Waals surface area contributed by atoms with Crippen LogP contribution in [0.3, 0.4) is 0 Å². The first-order valence-electron chi connectivity index (χ1n) is 8.86. The predicted molar refractivity (Wildman–Crippen MR) is 117 cm³/mol. The van der Waals surface area contributed by atoms with Crippen molar-refractivity contribution in [1.82, 2.24) is 9.78 Å². The SMILES string of the molecule is COc1cccc(Cn2nc(C)c(NC(=S)Nc3cccc([N+](=O)[O-])c3)c2C)c1. The summed E-state index contributed by atoms with van der Waals surface area (Å²) in [6.45, 7) is 4.45. The molecule has 150 valence electrons. The second kappa shape index (κ2) is 8.70. The molecule has 3 aromatic rings. The Morgan fingerprint density at radius 1 is 1.21 bits per heavy atom. The molecule has 0 saturated heterocycles. The lowest BCUT2D eigenvalue weighted by molar-refractivity contribution is -0.384. The van der Waals surface area contributed by atoms with E-state index in [9.17, 15) is 10.1 Å². The fourth-order valence-corrected chi connectivity index (χ4v) is 3.17.